The Balaban J connectivity index is 2.88. The van der Waals surface area contributed by atoms with E-state index in [1.165, 1.54) is 55.2 Å². The molecule has 1 rings (SSSR count). The van der Waals surface area contributed by atoms with Gasteiger partial charge >= 0.3 is 0 Å². The Morgan fingerprint density at radius 2 is 1.44 bits per heavy atom. The maximum absolute atomic E-state index is 9.32. The zero-order chi connectivity index (χ0) is 13.4. The molecule has 0 aromatic heterocycles. The van der Waals surface area contributed by atoms with Gasteiger partial charge in [-0.1, -0.05) is 51.8 Å². The Hall–Kier alpha value is -0.820. The summed E-state index contributed by atoms with van der Waals surface area (Å²) in [4.78, 5) is 0. The van der Waals surface area contributed by atoms with Crippen LogP contribution in [0.3, 0.4) is 0 Å². The predicted octanol–water partition coefficient (Wildman–Crippen LogP) is 4.47. The number of aliphatic hydroxyl groups is 1. The number of hydrogen-bond acceptors (Lipinski definition) is 1. The standard InChI is InChI=1S/C17H28O/c1-4-6-8-15-10-16(9-7-5-2)12-17(11-15)14(3)13-18/h10-12,14,18H,4-9,13H2,1-3H3. The van der Waals surface area contributed by atoms with E-state index in [2.05, 4.69) is 39.0 Å². The Morgan fingerprint density at radius 1 is 0.944 bits per heavy atom. The van der Waals surface area contributed by atoms with Crippen molar-refractivity contribution in [2.75, 3.05) is 6.61 Å². The van der Waals surface area contributed by atoms with E-state index in [1.807, 2.05) is 0 Å². The lowest BCUT2D eigenvalue weighted by atomic mass is 9.93. The summed E-state index contributed by atoms with van der Waals surface area (Å²) < 4.78 is 0. The molecule has 1 nitrogen and oxygen atoms in total. The van der Waals surface area contributed by atoms with Gasteiger partial charge in [0.05, 0.1) is 0 Å². The molecule has 0 bridgehead atoms. The van der Waals surface area contributed by atoms with Crippen molar-refractivity contribution < 1.29 is 5.11 Å². The first kappa shape index (κ1) is 15.2. The quantitative estimate of drug-likeness (QED) is 0.719. The summed E-state index contributed by atoms with van der Waals surface area (Å²) in [5.41, 5.74) is 4.19. The fourth-order valence-electron chi connectivity index (χ4n) is 2.23. The zero-order valence-electron chi connectivity index (χ0n) is 12.2. The van der Waals surface area contributed by atoms with Crippen LogP contribution in [0.15, 0.2) is 18.2 Å². The summed E-state index contributed by atoms with van der Waals surface area (Å²) in [6.45, 7) is 6.81. The molecule has 0 saturated heterocycles. The molecular weight excluding hydrogens is 220 g/mol. The van der Waals surface area contributed by atoms with Gasteiger partial charge in [0.1, 0.15) is 0 Å². The fraction of sp³-hybridized carbons (Fsp3) is 0.647. The molecule has 1 aromatic rings. The van der Waals surface area contributed by atoms with Gasteiger partial charge in [-0.25, -0.2) is 0 Å². The van der Waals surface area contributed by atoms with Gasteiger partial charge in [0.25, 0.3) is 0 Å². The second-order valence-corrected chi connectivity index (χ2v) is 5.37. The molecule has 0 saturated carbocycles. The summed E-state index contributed by atoms with van der Waals surface area (Å²) in [5, 5.41) is 9.32. The van der Waals surface area contributed by atoms with E-state index >= 15 is 0 Å². The van der Waals surface area contributed by atoms with Crippen molar-refractivity contribution in [2.45, 2.75) is 65.2 Å². The Labute approximate surface area is 112 Å². The third kappa shape index (κ3) is 4.81. The molecule has 1 heteroatoms. The van der Waals surface area contributed by atoms with Crippen molar-refractivity contribution in [3.05, 3.63) is 34.9 Å². The molecule has 1 unspecified atom stereocenters. The second-order valence-electron chi connectivity index (χ2n) is 5.37. The number of aryl methyl sites for hydroxylation is 2. The highest BCUT2D eigenvalue weighted by molar-refractivity contribution is 5.32. The number of benzene rings is 1. The van der Waals surface area contributed by atoms with Crippen LogP contribution >= 0.6 is 0 Å². The number of unbranched alkanes of at least 4 members (excludes halogenated alkanes) is 2. The summed E-state index contributed by atoms with van der Waals surface area (Å²) >= 11 is 0. The van der Waals surface area contributed by atoms with Crippen LogP contribution in [0.5, 0.6) is 0 Å². The van der Waals surface area contributed by atoms with Gasteiger partial charge < -0.3 is 5.11 Å². The highest BCUT2D eigenvalue weighted by Crippen LogP contribution is 2.21. The SMILES string of the molecule is CCCCc1cc(CCCC)cc(C(C)CO)c1. The van der Waals surface area contributed by atoms with Crippen molar-refractivity contribution in [1.82, 2.24) is 0 Å². The molecule has 0 spiro atoms. The number of aliphatic hydroxyl groups excluding tert-OH is 1. The van der Waals surface area contributed by atoms with Crippen LogP contribution in [-0.2, 0) is 12.8 Å². The third-order valence-electron chi connectivity index (χ3n) is 3.56. The minimum Gasteiger partial charge on any atom is -0.396 e. The van der Waals surface area contributed by atoms with Gasteiger partial charge in [0.15, 0.2) is 0 Å². The van der Waals surface area contributed by atoms with Crippen LogP contribution in [0.4, 0.5) is 0 Å². The van der Waals surface area contributed by atoms with E-state index in [0.29, 0.717) is 0 Å². The first-order valence-electron chi connectivity index (χ1n) is 7.44. The van der Waals surface area contributed by atoms with Gasteiger partial charge in [-0.15, -0.1) is 0 Å². The van der Waals surface area contributed by atoms with Crippen molar-refractivity contribution in [2.24, 2.45) is 0 Å². The van der Waals surface area contributed by atoms with Crippen molar-refractivity contribution in [1.29, 1.82) is 0 Å². The molecular formula is C17H28O. The van der Waals surface area contributed by atoms with Crippen LogP contribution in [-0.4, -0.2) is 11.7 Å². The molecule has 1 aromatic carbocycles. The number of hydrogen-bond donors (Lipinski definition) is 1. The lowest BCUT2D eigenvalue weighted by Gasteiger charge is -2.13. The van der Waals surface area contributed by atoms with Gasteiger partial charge in [-0.3, -0.25) is 0 Å². The summed E-state index contributed by atoms with van der Waals surface area (Å²) in [6.07, 6.45) is 7.33. The topological polar surface area (TPSA) is 20.2 Å². The molecule has 102 valence electrons. The molecule has 1 atom stereocenters. The first-order chi connectivity index (χ1) is 8.71. The minimum atomic E-state index is 0.241. The zero-order valence-corrected chi connectivity index (χ0v) is 12.2. The molecule has 0 aliphatic heterocycles. The van der Waals surface area contributed by atoms with E-state index in [4.69, 9.17) is 0 Å². The summed E-state index contributed by atoms with van der Waals surface area (Å²) in [6, 6.07) is 6.93. The number of rotatable bonds is 8. The monoisotopic (exact) mass is 248 g/mol. The van der Waals surface area contributed by atoms with E-state index in [1.54, 1.807) is 0 Å². The van der Waals surface area contributed by atoms with Crippen LogP contribution in [0.2, 0.25) is 0 Å². The maximum atomic E-state index is 9.32. The average Bonchev–Trinajstić information content (AvgIpc) is 2.41. The fourth-order valence-corrected chi connectivity index (χ4v) is 2.23. The van der Waals surface area contributed by atoms with Crippen LogP contribution in [0.25, 0.3) is 0 Å². The molecule has 0 fully saturated rings. The highest BCUT2D eigenvalue weighted by atomic mass is 16.3. The van der Waals surface area contributed by atoms with Gasteiger partial charge in [0.2, 0.25) is 0 Å². The van der Waals surface area contributed by atoms with Crippen LogP contribution < -0.4 is 0 Å². The molecule has 0 heterocycles. The van der Waals surface area contributed by atoms with E-state index in [-0.39, 0.29) is 12.5 Å². The molecule has 0 aliphatic carbocycles. The van der Waals surface area contributed by atoms with E-state index < -0.39 is 0 Å². The summed E-state index contributed by atoms with van der Waals surface area (Å²) in [7, 11) is 0. The lowest BCUT2D eigenvalue weighted by Crippen LogP contribution is -2.02. The highest BCUT2D eigenvalue weighted by Gasteiger charge is 2.07. The Kier molecular flexibility index (Phi) is 7.04. The largest absolute Gasteiger partial charge is 0.396 e. The molecule has 18 heavy (non-hydrogen) atoms. The molecule has 0 amide bonds. The predicted molar refractivity (Wildman–Crippen MR) is 79.2 cm³/mol. The Bertz CT molecular complexity index is 317. The summed E-state index contributed by atoms with van der Waals surface area (Å²) in [5.74, 6) is 0.256. The second kappa shape index (κ2) is 8.31. The van der Waals surface area contributed by atoms with Gasteiger partial charge in [0, 0.05) is 12.5 Å². The van der Waals surface area contributed by atoms with Crippen molar-refractivity contribution >= 4 is 0 Å². The van der Waals surface area contributed by atoms with Crippen molar-refractivity contribution in [3.8, 4) is 0 Å². The molecule has 0 radical (unpaired) electrons. The minimum absolute atomic E-state index is 0.241. The normalized spacial score (nSPS) is 12.7. The van der Waals surface area contributed by atoms with Crippen LogP contribution in [0, 0.1) is 0 Å². The van der Waals surface area contributed by atoms with Gasteiger partial charge in [-0.2, -0.15) is 0 Å². The van der Waals surface area contributed by atoms with E-state index in [0.717, 1.165) is 0 Å². The molecule has 0 aliphatic rings. The Morgan fingerprint density at radius 3 is 1.83 bits per heavy atom. The van der Waals surface area contributed by atoms with Crippen molar-refractivity contribution in [3.63, 3.8) is 0 Å². The smallest absolute Gasteiger partial charge is 0.0497 e. The molecule has 1 N–H and O–H groups in total. The lowest BCUT2D eigenvalue weighted by molar-refractivity contribution is 0.273. The van der Waals surface area contributed by atoms with Crippen LogP contribution in [0.1, 0.15) is 69.1 Å². The average molecular weight is 248 g/mol. The van der Waals surface area contributed by atoms with Gasteiger partial charge in [-0.05, 0) is 42.4 Å². The first-order valence-corrected chi connectivity index (χ1v) is 7.44. The third-order valence-corrected chi connectivity index (χ3v) is 3.56. The maximum Gasteiger partial charge on any atom is 0.0497 e. The van der Waals surface area contributed by atoms with E-state index in [9.17, 15) is 5.11 Å².